The summed E-state index contributed by atoms with van der Waals surface area (Å²) in [4.78, 5) is 34.2. The lowest BCUT2D eigenvalue weighted by Gasteiger charge is -2.29. The summed E-state index contributed by atoms with van der Waals surface area (Å²) in [5.41, 5.74) is 0.807. The molecule has 196 valence electrons. The maximum atomic E-state index is 13.3. The molecule has 0 fully saturated rings. The normalized spacial score (nSPS) is 12.4. The average Bonchev–Trinajstić information content (AvgIpc) is 2.84. The van der Waals surface area contributed by atoms with E-state index in [9.17, 15) is 33.2 Å². The number of nitro groups is 1. The van der Waals surface area contributed by atoms with Crippen molar-refractivity contribution in [3.8, 4) is 0 Å². The molecule has 0 bridgehead atoms. The fraction of sp³-hybridized carbons (Fsp3) is 0.440. The summed E-state index contributed by atoms with van der Waals surface area (Å²) in [5, 5.41) is 23.6. The Labute approximate surface area is 211 Å². The van der Waals surface area contributed by atoms with Crippen LogP contribution in [-0.2, 0) is 26.0 Å². The lowest BCUT2D eigenvalue weighted by atomic mass is 10.1. The molecule has 0 radical (unpaired) electrons. The number of unbranched alkanes of at least 4 members (excludes halogenated alkanes) is 1. The highest BCUT2D eigenvalue weighted by Gasteiger charge is 2.36. The Balaban J connectivity index is 1.98. The minimum Gasteiger partial charge on any atom is -0.480 e. The number of carboxylic acids is 1. The van der Waals surface area contributed by atoms with Crippen molar-refractivity contribution < 1.29 is 28.0 Å². The van der Waals surface area contributed by atoms with E-state index in [1.54, 1.807) is 13.8 Å². The van der Waals surface area contributed by atoms with Gasteiger partial charge in [0, 0.05) is 31.6 Å². The number of nitrogens with one attached hydrogen (secondary N) is 1. The number of carboxylic acid groups (broad SMARTS) is 1. The van der Waals surface area contributed by atoms with Crippen LogP contribution in [0.2, 0.25) is 0 Å². The number of non-ortho nitro benzene ring substituents is 1. The summed E-state index contributed by atoms with van der Waals surface area (Å²) in [6, 6.07) is 12.7. The molecule has 0 aliphatic carbocycles. The fourth-order valence-corrected chi connectivity index (χ4v) is 5.48. The fourth-order valence-electron chi connectivity index (χ4n) is 3.70. The maximum Gasteiger partial charge on any atom is 0.322 e. The number of aryl methyl sites for hydroxylation is 1. The highest BCUT2D eigenvalue weighted by molar-refractivity contribution is 7.89. The first kappa shape index (κ1) is 28.9. The molecule has 2 aromatic rings. The van der Waals surface area contributed by atoms with Crippen molar-refractivity contribution in [1.82, 2.24) is 9.62 Å². The lowest BCUT2D eigenvalue weighted by Crippen LogP contribution is -2.46. The number of nitrogens with zero attached hydrogens (tertiary/aromatic N) is 2. The first-order valence-corrected chi connectivity index (χ1v) is 13.3. The molecule has 11 heteroatoms. The zero-order valence-electron chi connectivity index (χ0n) is 20.5. The predicted molar refractivity (Wildman–Crippen MR) is 135 cm³/mol. The summed E-state index contributed by atoms with van der Waals surface area (Å²) < 4.78 is 27.6. The second kappa shape index (κ2) is 13.7. The lowest BCUT2D eigenvalue weighted by molar-refractivity contribution is -0.384. The van der Waals surface area contributed by atoms with Crippen LogP contribution in [0.25, 0.3) is 0 Å². The van der Waals surface area contributed by atoms with Crippen molar-refractivity contribution in [2.75, 3.05) is 13.1 Å². The van der Waals surface area contributed by atoms with Crippen LogP contribution in [0.4, 0.5) is 5.69 Å². The van der Waals surface area contributed by atoms with E-state index in [-0.39, 0.29) is 35.4 Å². The molecular weight excluding hydrogens is 486 g/mol. The van der Waals surface area contributed by atoms with E-state index in [0.717, 1.165) is 34.1 Å². The Hall–Kier alpha value is -3.31. The number of benzene rings is 2. The molecule has 0 aliphatic rings. The molecule has 0 heterocycles. The number of carbonyl (C=O) groups excluding carboxylic acids is 1. The zero-order valence-corrected chi connectivity index (χ0v) is 21.3. The molecular formula is C25H33N3O7S. The van der Waals surface area contributed by atoms with Crippen molar-refractivity contribution in [2.45, 2.75) is 56.9 Å². The number of hydrogen-bond donors (Lipinski definition) is 2. The number of amides is 1. The SMILES string of the molecule is CC(C)CN([C@@H](CCCCNC(=O)CCc1ccccc1)C(=O)O)S(=O)(=O)c1ccc([N+](=O)[O-])cc1. The molecule has 1 atom stereocenters. The van der Waals surface area contributed by atoms with Gasteiger partial charge in [-0.05, 0) is 49.3 Å². The smallest absolute Gasteiger partial charge is 0.322 e. The van der Waals surface area contributed by atoms with Gasteiger partial charge in [-0.2, -0.15) is 4.31 Å². The standard InChI is InChI=1S/C25H33N3O7S/c1-19(2)18-27(36(34,35)22-14-12-21(13-15-22)28(32)33)23(25(30)31)10-6-7-17-26-24(29)16-11-20-8-4-3-5-9-20/h3-5,8-9,12-15,19,23H,6-7,10-11,16-18H2,1-2H3,(H,26,29)(H,30,31)/t23-/m0/s1. The van der Waals surface area contributed by atoms with E-state index in [2.05, 4.69) is 5.32 Å². The molecule has 0 saturated heterocycles. The third kappa shape index (κ3) is 8.72. The molecule has 2 N–H and O–H groups in total. The quantitative estimate of drug-likeness (QED) is 0.207. The van der Waals surface area contributed by atoms with Crippen LogP contribution in [0.3, 0.4) is 0 Å². The molecule has 10 nitrogen and oxygen atoms in total. The first-order valence-electron chi connectivity index (χ1n) is 11.8. The van der Waals surface area contributed by atoms with Crippen molar-refractivity contribution in [1.29, 1.82) is 0 Å². The van der Waals surface area contributed by atoms with E-state index in [4.69, 9.17) is 0 Å². The van der Waals surface area contributed by atoms with Crippen LogP contribution < -0.4 is 5.32 Å². The highest BCUT2D eigenvalue weighted by atomic mass is 32.2. The number of hydrogen-bond acceptors (Lipinski definition) is 6. The second-order valence-corrected chi connectivity index (χ2v) is 10.8. The van der Waals surface area contributed by atoms with Crippen LogP contribution in [0.1, 0.15) is 45.1 Å². The van der Waals surface area contributed by atoms with Gasteiger partial charge in [-0.15, -0.1) is 0 Å². The highest BCUT2D eigenvalue weighted by Crippen LogP contribution is 2.24. The van der Waals surface area contributed by atoms with Gasteiger partial charge in [0.25, 0.3) is 5.69 Å². The maximum absolute atomic E-state index is 13.3. The molecule has 0 saturated carbocycles. The minimum absolute atomic E-state index is 0.0213. The Bertz CT molecular complexity index is 1120. The number of sulfonamides is 1. The summed E-state index contributed by atoms with van der Waals surface area (Å²) in [6.45, 7) is 3.90. The molecule has 0 spiro atoms. The van der Waals surface area contributed by atoms with Gasteiger partial charge in [0.1, 0.15) is 6.04 Å². The number of nitro benzene ring substituents is 1. The van der Waals surface area contributed by atoms with E-state index < -0.39 is 27.0 Å². The van der Waals surface area contributed by atoms with Crippen LogP contribution in [0.15, 0.2) is 59.5 Å². The van der Waals surface area contributed by atoms with Gasteiger partial charge in [0.05, 0.1) is 9.82 Å². The van der Waals surface area contributed by atoms with E-state index in [1.807, 2.05) is 30.3 Å². The largest absolute Gasteiger partial charge is 0.480 e. The Morgan fingerprint density at radius 1 is 1.06 bits per heavy atom. The number of carbonyl (C=O) groups is 2. The summed E-state index contributed by atoms with van der Waals surface area (Å²) in [7, 11) is -4.21. The van der Waals surface area contributed by atoms with Gasteiger partial charge < -0.3 is 10.4 Å². The number of rotatable bonds is 15. The van der Waals surface area contributed by atoms with E-state index in [1.165, 1.54) is 0 Å². The zero-order chi connectivity index (χ0) is 26.7. The molecule has 0 aliphatic heterocycles. The van der Waals surface area contributed by atoms with Crippen molar-refractivity contribution in [2.24, 2.45) is 5.92 Å². The van der Waals surface area contributed by atoms with Crippen LogP contribution >= 0.6 is 0 Å². The van der Waals surface area contributed by atoms with Gasteiger partial charge in [0.2, 0.25) is 15.9 Å². The molecule has 0 aromatic heterocycles. The molecule has 2 rings (SSSR count). The van der Waals surface area contributed by atoms with Gasteiger partial charge in [-0.3, -0.25) is 19.7 Å². The van der Waals surface area contributed by atoms with Crippen LogP contribution in [0.5, 0.6) is 0 Å². The third-order valence-corrected chi connectivity index (χ3v) is 7.43. The van der Waals surface area contributed by atoms with E-state index in [0.29, 0.717) is 32.2 Å². The molecule has 1 amide bonds. The average molecular weight is 520 g/mol. The molecule has 0 unspecified atom stereocenters. The van der Waals surface area contributed by atoms with Crippen molar-refractivity contribution in [3.05, 3.63) is 70.3 Å². The van der Waals surface area contributed by atoms with Gasteiger partial charge in [-0.25, -0.2) is 8.42 Å². The van der Waals surface area contributed by atoms with Gasteiger partial charge >= 0.3 is 5.97 Å². The first-order chi connectivity index (χ1) is 17.0. The van der Waals surface area contributed by atoms with Gasteiger partial charge in [-0.1, -0.05) is 44.2 Å². The third-order valence-electron chi connectivity index (χ3n) is 5.54. The Morgan fingerprint density at radius 2 is 1.69 bits per heavy atom. The van der Waals surface area contributed by atoms with Crippen molar-refractivity contribution >= 4 is 27.6 Å². The monoisotopic (exact) mass is 519 g/mol. The summed E-state index contributed by atoms with van der Waals surface area (Å²) in [6.07, 6.45) is 1.91. The van der Waals surface area contributed by atoms with E-state index >= 15 is 0 Å². The van der Waals surface area contributed by atoms with Crippen LogP contribution in [-0.4, -0.2) is 53.8 Å². The Kier molecular flexibility index (Phi) is 11.0. The predicted octanol–water partition coefficient (Wildman–Crippen LogP) is 3.61. The number of aliphatic carboxylic acids is 1. The summed E-state index contributed by atoms with van der Waals surface area (Å²) >= 11 is 0. The topological polar surface area (TPSA) is 147 Å². The second-order valence-electron chi connectivity index (χ2n) is 8.90. The Morgan fingerprint density at radius 3 is 2.25 bits per heavy atom. The molecule has 2 aromatic carbocycles. The molecule has 36 heavy (non-hydrogen) atoms. The van der Waals surface area contributed by atoms with Crippen LogP contribution in [0, 0.1) is 16.0 Å². The minimum atomic E-state index is -4.21. The van der Waals surface area contributed by atoms with Gasteiger partial charge in [0.15, 0.2) is 0 Å². The van der Waals surface area contributed by atoms with Crippen molar-refractivity contribution in [3.63, 3.8) is 0 Å². The summed E-state index contributed by atoms with van der Waals surface area (Å²) in [5.74, 6) is -1.52.